The van der Waals surface area contributed by atoms with E-state index in [1.807, 2.05) is 0 Å². The van der Waals surface area contributed by atoms with Crippen LogP contribution in [0.5, 0.6) is 0 Å². The molecular weight excluding hydrogens is 83.8 g/mol. The lowest BCUT2D eigenvalue weighted by atomic mass is 10.8. The molecule has 38 valence electrons. The van der Waals surface area contributed by atoms with Crippen molar-refractivity contribution in [1.29, 1.82) is 0 Å². The molecule has 0 spiro atoms. The molecule has 0 bridgehead atoms. The number of hydrogen-bond acceptors (Lipinski definition) is 1. The summed E-state index contributed by atoms with van der Waals surface area (Å²) < 4.78 is 0. The molecule has 0 rings (SSSR count). The van der Waals surface area contributed by atoms with Gasteiger partial charge in [0.25, 0.3) is 0 Å². The monoisotopic (exact) mass is 99.1 g/mol. The van der Waals surface area contributed by atoms with Crippen LogP contribution in [0.1, 0.15) is 7.43 Å². The Kier molecular flexibility index (Phi) is 36700. The van der Waals surface area contributed by atoms with E-state index in [-0.39, 0.29) is 37.4 Å². The van der Waals surface area contributed by atoms with Gasteiger partial charge in [-0.25, -0.2) is 0 Å². The fourth-order valence-electron chi connectivity index (χ4n) is 0. The predicted octanol–water partition coefficient (Wildman–Crippen LogP) is -1.15. The number of hydrogen-bond donors (Lipinski definition) is 1. The van der Waals surface area contributed by atoms with Crippen molar-refractivity contribution in [3.05, 3.63) is 0 Å². The van der Waals surface area contributed by atoms with Gasteiger partial charge in [0.05, 0.1) is 8.41 Å². The summed E-state index contributed by atoms with van der Waals surface area (Å²) in [5, 5.41) is 0. The molecular formula is CH15BNOP. The Balaban J connectivity index is 0. The molecule has 0 saturated carbocycles. The summed E-state index contributed by atoms with van der Waals surface area (Å²) in [5.41, 5.74) is 0. The van der Waals surface area contributed by atoms with E-state index in [9.17, 15) is 0 Å². The van der Waals surface area contributed by atoms with Gasteiger partial charge < -0.3 is 11.6 Å². The van der Waals surface area contributed by atoms with E-state index in [1.165, 1.54) is 0 Å². The Morgan fingerprint density at radius 1 is 1.00 bits per heavy atom. The van der Waals surface area contributed by atoms with Crippen molar-refractivity contribution in [3.63, 3.8) is 0 Å². The van der Waals surface area contributed by atoms with Gasteiger partial charge in [0, 0.05) is 0 Å². The van der Waals surface area contributed by atoms with Crippen molar-refractivity contribution in [2.24, 2.45) is 0 Å². The first kappa shape index (κ1) is 613. The summed E-state index contributed by atoms with van der Waals surface area (Å²) in [4.78, 5) is 0. The third-order valence-electron chi connectivity index (χ3n) is 0. The molecule has 1 atom stereocenters. The molecule has 0 saturated heterocycles. The van der Waals surface area contributed by atoms with Crippen LogP contribution in [-0.4, -0.2) is 13.9 Å². The van der Waals surface area contributed by atoms with Gasteiger partial charge in [-0.05, 0) is 0 Å². The fourth-order valence-corrected chi connectivity index (χ4v) is 0. The van der Waals surface area contributed by atoms with E-state index in [0.717, 1.165) is 0 Å². The second-order valence-electron chi connectivity index (χ2n) is 0. The van der Waals surface area contributed by atoms with Gasteiger partial charge >= 0.3 is 0 Å². The van der Waals surface area contributed by atoms with Crippen molar-refractivity contribution in [3.8, 4) is 0 Å². The minimum Gasteiger partial charge on any atom is -0.412 e. The molecule has 0 aliphatic rings. The van der Waals surface area contributed by atoms with Crippen molar-refractivity contribution in [2.75, 3.05) is 0 Å². The normalized spacial score (nSPS) is 0. The van der Waals surface area contributed by atoms with Crippen LogP contribution < -0.4 is 6.15 Å². The maximum Gasteiger partial charge on any atom is 0.0814 e. The fraction of sp³-hybridized carbons (Fsp3) is 1.00. The topological polar surface area (TPSA) is 66.5 Å². The summed E-state index contributed by atoms with van der Waals surface area (Å²) in [6.45, 7) is 0. The molecule has 0 aromatic heterocycles. The van der Waals surface area contributed by atoms with Gasteiger partial charge in [0.2, 0.25) is 0 Å². The molecule has 5 N–H and O–H groups in total. The summed E-state index contributed by atoms with van der Waals surface area (Å²) in [6.07, 6.45) is 0. The zero-order chi connectivity index (χ0) is 0. The molecule has 5 heavy (non-hydrogen) atoms. The van der Waals surface area contributed by atoms with Crippen LogP contribution in [0.2, 0.25) is 0 Å². The highest BCUT2D eigenvalue weighted by atomic mass is 31.0. The van der Waals surface area contributed by atoms with Crippen LogP contribution in [-0.2, 0) is 0 Å². The summed E-state index contributed by atoms with van der Waals surface area (Å²) in [5.74, 6) is 0. The number of rotatable bonds is 0. The average molecular weight is 98.9 g/mol. The third-order valence-corrected chi connectivity index (χ3v) is 0. The van der Waals surface area contributed by atoms with Crippen LogP contribution in [0.3, 0.4) is 0 Å². The highest BCUT2D eigenvalue weighted by molar-refractivity contribution is 6.92. The third kappa shape index (κ3) is 150. The molecule has 0 aromatic rings. The molecule has 2 nitrogen and oxygen atoms in total. The standard InChI is InChI=1S/CH4.BH3.H3N.H2O.H3P/h1H4;2*1H3;1H2;1H3. The molecule has 0 aromatic carbocycles. The van der Waals surface area contributed by atoms with Crippen molar-refractivity contribution in [2.45, 2.75) is 7.43 Å². The highest BCUT2D eigenvalue weighted by Gasteiger charge is 0.0814. The van der Waals surface area contributed by atoms with E-state index in [4.69, 9.17) is 0 Å². The maximum absolute atomic E-state index is 0. The second-order valence-corrected chi connectivity index (χ2v) is 0. The van der Waals surface area contributed by atoms with Gasteiger partial charge in [-0.3, -0.25) is 0 Å². The molecule has 0 heterocycles. The van der Waals surface area contributed by atoms with Gasteiger partial charge in [-0.1, -0.05) is 7.43 Å². The maximum atomic E-state index is 0. The zero-order valence-corrected chi connectivity index (χ0v) is 3.33. The zero-order valence-electron chi connectivity index (χ0n) is 1.91. The summed E-state index contributed by atoms with van der Waals surface area (Å²) in [7, 11) is 0. The molecule has 0 aliphatic heterocycles. The second kappa shape index (κ2) is 299. The van der Waals surface area contributed by atoms with Crippen LogP contribution in [0.25, 0.3) is 0 Å². The minimum absolute atomic E-state index is 0. The Hall–Kier alpha value is 0.415. The van der Waals surface area contributed by atoms with E-state index >= 15 is 0 Å². The Bertz CT molecular complexity index is 11.6. The molecule has 4 heteroatoms. The molecule has 0 amide bonds. The Labute approximate surface area is 38.4 Å². The smallest absolute Gasteiger partial charge is 0.0814 e. The Morgan fingerprint density at radius 3 is 1.00 bits per heavy atom. The van der Waals surface area contributed by atoms with Crippen LogP contribution in [0.15, 0.2) is 0 Å². The Morgan fingerprint density at radius 2 is 1.00 bits per heavy atom. The van der Waals surface area contributed by atoms with Gasteiger partial charge in [0.1, 0.15) is 0 Å². The van der Waals surface area contributed by atoms with Gasteiger partial charge in [0.15, 0.2) is 0 Å². The van der Waals surface area contributed by atoms with Crippen LogP contribution >= 0.6 is 9.90 Å². The van der Waals surface area contributed by atoms with Crippen LogP contribution in [0.4, 0.5) is 0 Å². The van der Waals surface area contributed by atoms with E-state index in [0.29, 0.717) is 0 Å². The molecule has 0 radical (unpaired) electrons. The summed E-state index contributed by atoms with van der Waals surface area (Å²) >= 11 is 0. The summed E-state index contributed by atoms with van der Waals surface area (Å²) in [6, 6.07) is 0. The average Bonchev–Trinajstić information content (AvgIpc) is 0. The van der Waals surface area contributed by atoms with Crippen LogP contribution in [0, 0.1) is 0 Å². The first-order chi connectivity index (χ1) is 0. The lowest BCUT2D eigenvalue weighted by molar-refractivity contribution is 0.824. The van der Waals surface area contributed by atoms with Crippen molar-refractivity contribution >= 4 is 18.3 Å². The lowest BCUT2D eigenvalue weighted by Gasteiger charge is -0.412. The van der Waals surface area contributed by atoms with E-state index in [1.54, 1.807) is 0 Å². The molecule has 0 fully saturated rings. The van der Waals surface area contributed by atoms with Gasteiger partial charge in [-0.15, -0.1) is 0 Å². The highest BCUT2D eigenvalue weighted by Crippen LogP contribution is 0.861. The van der Waals surface area contributed by atoms with E-state index in [2.05, 4.69) is 0 Å². The quantitative estimate of drug-likeness (QED) is 0.302. The molecule has 0 aliphatic carbocycles. The minimum atomic E-state index is 0. The van der Waals surface area contributed by atoms with Gasteiger partial charge in [-0.2, -0.15) is 9.90 Å². The first-order valence-corrected chi connectivity index (χ1v) is 0. The van der Waals surface area contributed by atoms with Crippen molar-refractivity contribution in [1.82, 2.24) is 6.15 Å². The largest absolute Gasteiger partial charge is 0.412 e. The first-order valence-electron chi connectivity index (χ1n) is 0. The van der Waals surface area contributed by atoms with Crippen molar-refractivity contribution < 1.29 is 5.48 Å². The van der Waals surface area contributed by atoms with E-state index < -0.39 is 0 Å². The lowest BCUT2D eigenvalue weighted by Crippen LogP contribution is -0.481. The SMILES string of the molecule is B.C.N.O.P. The predicted molar refractivity (Wildman–Crippen MR) is 36.4 cm³/mol. The molecule has 1 unspecified atom stereocenters.